The average molecular weight is 460 g/mol. The lowest BCUT2D eigenvalue weighted by atomic mass is 9.98. The minimum absolute atomic E-state index is 0.0420. The number of benzene rings is 3. The van der Waals surface area contributed by atoms with Crippen LogP contribution in [0, 0.1) is 10.1 Å². The van der Waals surface area contributed by atoms with Gasteiger partial charge in [0.25, 0.3) is 5.69 Å². The van der Waals surface area contributed by atoms with Crippen LogP contribution in [-0.2, 0) is 9.47 Å². The average Bonchev–Trinajstić information content (AvgIpc) is 3.16. The molecule has 0 radical (unpaired) electrons. The van der Waals surface area contributed by atoms with Crippen molar-refractivity contribution >= 4 is 17.9 Å². The molecular formula is C25H20N2O7. The number of carbonyl (C=O) groups is 2. The first-order valence-corrected chi connectivity index (χ1v) is 10.4. The summed E-state index contributed by atoms with van der Waals surface area (Å²) in [5.74, 6) is 0.0657. The first-order chi connectivity index (χ1) is 16.5. The summed E-state index contributed by atoms with van der Waals surface area (Å²) in [5, 5.41) is 13.1. The Hall–Kier alpha value is -4.66. The van der Waals surface area contributed by atoms with E-state index in [2.05, 4.69) is 17.4 Å². The van der Waals surface area contributed by atoms with Crippen molar-refractivity contribution in [3.05, 3.63) is 106 Å². The van der Waals surface area contributed by atoms with Crippen molar-refractivity contribution < 1.29 is 28.7 Å². The fraction of sp³-hybridized carbons (Fsp3) is 0.120. The zero-order valence-corrected chi connectivity index (χ0v) is 17.9. The molecule has 0 unspecified atom stereocenters. The van der Waals surface area contributed by atoms with E-state index in [0.29, 0.717) is 0 Å². The Kier molecular flexibility index (Phi) is 6.83. The van der Waals surface area contributed by atoms with Crippen molar-refractivity contribution in [2.75, 3.05) is 13.2 Å². The van der Waals surface area contributed by atoms with Gasteiger partial charge in [0.1, 0.15) is 19.0 Å². The lowest BCUT2D eigenvalue weighted by Gasteiger charge is -2.13. The van der Waals surface area contributed by atoms with Crippen LogP contribution in [0.1, 0.15) is 17.0 Å². The van der Waals surface area contributed by atoms with E-state index >= 15 is 0 Å². The molecule has 3 aromatic carbocycles. The van der Waals surface area contributed by atoms with E-state index in [0.717, 1.165) is 22.3 Å². The van der Waals surface area contributed by atoms with Gasteiger partial charge >= 0.3 is 12.2 Å². The van der Waals surface area contributed by atoms with Gasteiger partial charge in [-0.1, -0.05) is 48.5 Å². The van der Waals surface area contributed by atoms with Crippen LogP contribution in [0.15, 0.2) is 85.1 Å². The minimum Gasteiger partial charge on any atom is -0.448 e. The molecule has 9 heteroatoms. The van der Waals surface area contributed by atoms with Crippen LogP contribution in [-0.4, -0.2) is 30.4 Å². The Labute approximate surface area is 194 Å². The number of nitrogens with one attached hydrogen (secondary N) is 1. The van der Waals surface area contributed by atoms with Gasteiger partial charge in [-0.15, -0.1) is 0 Å². The number of hydrogen-bond acceptors (Lipinski definition) is 7. The van der Waals surface area contributed by atoms with Gasteiger partial charge in [-0.2, -0.15) is 0 Å². The van der Waals surface area contributed by atoms with Gasteiger partial charge in [0, 0.05) is 24.3 Å². The summed E-state index contributed by atoms with van der Waals surface area (Å²) in [5.41, 5.74) is 4.40. The number of nitrogens with zero attached hydrogens (tertiary/aromatic N) is 1. The number of hydrogen-bond donors (Lipinski definition) is 1. The fourth-order valence-electron chi connectivity index (χ4n) is 3.69. The van der Waals surface area contributed by atoms with Gasteiger partial charge in [0.2, 0.25) is 0 Å². The zero-order chi connectivity index (χ0) is 23.9. The number of nitro benzene ring substituents is 1. The Morgan fingerprint density at radius 2 is 1.53 bits per heavy atom. The lowest BCUT2D eigenvalue weighted by Crippen LogP contribution is -2.21. The third kappa shape index (κ3) is 5.21. The van der Waals surface area contributed by atoms with Gasteiger partial charge in [-0.25, -0.2) is 9.59 Å². The smallest absolute Gasteiger partial charge is 0.448 e. The van der Waals surface area contributed by atoms with Gasteiger partial charge in [0.15, 0.2) is 0 Å². The second-order valence-electron chi connectivity index (χ2n) is 7.29. The summed E-state index contributed by atoms with van der Waals surface area (Å²) in [6.07, 6.45) is 1.09. The Bertz CT molecular complexity index is 1190. The number of alkyl carbamates (subject to hydrolysis) is 1. The molecule has 0 spiro atoms. The molecule has 0 fully saturated rings. The molecule has 1 aliphatic carbocycles. The molecule has 1 amide bonds. The number of nitro groups is 1. The summed E-state index contributed by atoms with van der Waals surface area (Å²) in [7, 11) is 0. The molecule has 1 N–H and O–H groups in total. The standard InChI is InChI=1S/C25H20N2O7/c28-24(26-14-5-15-32-25(29)34-18-12-10-17(11-13-18)27(30)31)33-16-23-21-8-3-1-6-19(21)20-7-2-4-9-22(20)23/h1-14,23H,15-16H2,(H,26,28). The third-order valence-electron chi connectivity index (χ3n) is 5.21. The molecule has 0 heterocycles. The largest absolute Gasteiger partial charge is 0.514 e. The highest BCUT2D eigenvalue weighted by Gasteiger charge is 2.28. The Morgan fingerprint density at radius 3 is 2.15 bits per heavy atom. The van der Waals surface area contributed by atoms with E-state index in [1.165, 1.54) is 36.5 Å². The van der Waals surface area contributed by atoms with Crippen molar-refractivity contribution in [3.8, 4) is 16.9 Å². The van der Waals surface area contributed by atoms with E-state index in [9.17, 15) is 19.7 Å². The van der Waals surface area contributed by atoms with Crippen molar-refractivity contribution in [3.63, 3.8) is 0 Å². The van der Waals surface area contributed by atoms with Crippen molar-refractivity contribution in [2.24, 2.45) is 0 Å². The first-order valence-electron chi connectivity index (χ1n) is 10.4. The summed E-state index contributed by atoms with van der Waals surface area (Å²) in [6, 6.07) is 21.1. The summed E-state index contributed by atoms with van der Waals surface area (Å²) in [6.45, 7) is 0.0290. The molecule has 0 saturated heterocycles. The van der Waals surface area contributed by atoms with Crippen LogP contribution in [0.25, 0.3) is 11.1 Å². The topological polar surface area (TPSA) is 117 Å². The van der Waals surface area contributed by atoms with Gasteiger partial charge < -0.3 is 14.2 Å². The highest BCUT2D eigenvalue weighted by atomic mass is 16.7. The fourth-order valence-corrected chi connectivity index (χ4v) is 3.69. The van der Waals surface area contributed by atoms with E-state index in [1.807, 2.05) is 36.4 Å². The quantitative estimate of drug-likeness (QED) is 0.224. The van der Waals surface area contributed by atoms with Crippen molar-refractivity contribution in [1.29, 1.82) is 0 Å². The van der Waals surface area contributed by atoms with Gasteiger partial charge in [0.05, 0.1) is 4.92 Å². The van der Waals surface area contributed by atoms with Crippen molar-refractivity contribution in [2.45, 2.75) is 5.92 Å². The molecule has 172 valence electrons. The molecule has 0 aliphatic heterocycles. The summed E-state index contributed by atoms with van der Waals surface area (Å²) >= 11 is 0. The lowest BCUT2D eigenvalue weighted by molar-refractivity contribution is -0.384. The van der Waals surface area contributed by atoms with Crippen LogP contribution < -0.4 is 10.1 Å². The predicted octanol–water partition coefficient (Wildman–Crippen LogP) is 5.16. The second kappa shape index (κ2) is 10.3. The molecule has 0 bridgehead atoms. The maximum absolute atomic E-state index is 12.1. The van der Waals surface area contributed by atoms with Gasteiger partial charge in [-0.05, 0) is 40.5 Å². The Morgan fingerprint density at radius 1 is 0.912 bits per heavy atom. The van der Waals surface area contributed by atoms with E-state index in [-0.39, 0.29) is 30.6 Å². The number of rotatable bonds is 7. The highest BCUT2D eigenvalue weighted by Crippen LogP contribution is 2.44. The molecule has 34 heavy (non-hydrogen) atoms. The monoisotopic (exact) mass is 460 g/mol. The second-order valence-corrected chi connectivity index (χ2v) is 7.29. The van der Waals surface area contributed by atoms with Crippen molar-refractivity contribution in [1.82, 2.24) is 5.32 Å². The normalized spacial score (nSPS) is 12.0. The maximum Gasteiger partial charge on any atom is 0.514 e. The van der Waals surface area contributed by atoms with Crippen LogP contribution >= 0.6 is 0 Å². The van der Waals surface area contributed by atoms with Crippen LogP contribution in [0.2, 0.25) is 0 Å². The van der Waals surface area contributed by atoms with E-state index in [1.54, 1.807) is 0 Å². The molecule has 4 rings (SSSR count). The maximum atomic E-state index is 12.1. The molecule has 3 aromatic rings. The van der Waals surface area contributed by atoms with Crippen LogP contribution in [0.4, 0.5) is 15.3 Å². The zero-order valence-electron chi connectivity index (χ0n) is 17.9. The molecule has 0 aromatic heterocycles. The van der Waals surface area contributed by atoms with E-state index in [4.69, 9.17) is 14.2 Å². The number of ether oxygens (including phenoxy) is 3. The number of non-ortho nitro benzene ring substituents is 1. The van der Waals surface area contributed by atoms with Gasteiger partial charge in [-0.3, -0.25) is 15.4 Å². The molecule has 1 aliphatic rings. The predicted molar refractivity (Wildman–Crippen MR) is 122 cm³/mol. The van der Waals surface area contributed by atoms with Crippen LogP contribution in [0.5, 0.6) is 5.75 Å². The molecule has 0 atom stereocenters. The molecule has 9 nitrogen and oxygen atoms in total. The first kappa shape index (κ1) is 22.5. The number of amides is 1. The number of fused-ring (bicyclic) bond motifs is 3. The molecular weight excluding hydrogens is 440 g/mol. The summed E-state index contributed by atoms with van der Waals surface area (Å²) in [4.78, 5) is 33.8. The number of carbonyl (C=O) groups excluding carboxylic acids is 2. The Balaban J connectivity index is 1.20. The third-order valence-corrected chi connectivity index (χ3v) is 5.21. The molecule has 0 saturated carbocycles. The summed E-state index contributed by atoms with van der Waals surface area (Å²) < 4.78 is 15.1. The highest BCUT2D eigenvalue weighted by molar-refractivity contribution is 5.79. The van der Waals surface area contributed by atoms with Crippen LogP contribution in [0.3, 0.4) is 0 Å². The SMILES string of the molecule is O=C(NC=CCOC(=O)Oc1ccc([N+](=O)[O-])cc1)OCC1c2ccccc2-c2ccccc21. The minimum atomic E-state index is -0.986. The van der Waals surface area contributed by atoms with E-state index < -0.39 is 17.2 Å².